The second kappa shape index (κ2) is 10.6. The molecule has 0 unspecified atom stereocenters. The Morgan fingerprint density at radius 3 is 2.64 bits per heavy atom. The summed E-state index contributed by atoms with van der Waals surface area (Å²) in [4.78, 5) is 30.3. The van der Waals surface area contributed by atoms with Crippen molar-refractivity contribution in [1.82, 2.24) is 25.2 Å². The number of hydrogen-bond donors (Lipinski definition) is 1. The maximum absolute atomic E-state index is 12.6. The van der Waals surface area contributed by atoms with Gasteiger partial charge >= 0.3 is 0 Å². The van der Waals surface area contributed by atoms with Crippen LogP contribution in [-0.4, -0.2) is 79.8 Å². The summed E-state index contributed by atoms with van der Waals surface area (Å²) in [6, 6.07) is 7.50. The molecule has 1 amide bonds. The van der Waals surface area contributed by atoms with Crippen LogP contribution in [0, 0.1) is 0 Å². The number of carbonyl (C=O) groups is 1. The number of carbonyl (C=O) groups excluding carboxylic acids is 1. The smallest absolute Gasteiger partial charge is 0.270 e. The predicted molar refractivity (Wildman–Crippen MR) is 128 cm³/mol. The number of ether oxygens (including phenoxy) is 2. The van der Waals surface area contributed by atoms with E-state index in [-0.39, 0.29) is 5.91 Å². The molecule has 10 heteroatoms. The van der Waals surface area contributed by atoms with Crippen molar-refractivity contribution in [3.63, 3.8) is 0 Å². The lowest BCUT2D eigenvalue weighted by atomic mass is 10.2. The van der Waals surface area contributed by atoms with E-state index in [9.17, 15) is 4.79 Å². The van der Waals surface area contributed by atoms with Crippen LogP contribution in [-0.2, 0) is 6.42 Å². The van der Waals surface area contributed by atoms with Gasteiger partial charge in [-0.25, -0.2) is 15.0 Å². The minimum Gasteiger partial charge on any atom is -0.493 e. The second-order valence-electron chi connectivity index (χ2n) is 7.77. The van der Waals surface area contributed by atoms with Gasteiger partial charge in [-0.15, -0.1) is 11.3 Å². The molecule has 0 spiro atoms. The summed E-state index contributed by atoms with van der Waals surface area (Å²) in [5.74, 6) is 1.94. The third-order valence-electron chi connectivity index (χ3n) is 5.56. The maximum atomic E-state index is 12.6. The van der Waals surface area contributed by atoms with Gasteiger partial charge in [-0.1, -0.05) is 0 Å². The molecule has 33 heavy (non-hydrogen) atoms. The average molecular weight is 469 g/mol. The molecule has 0 atom stereocenters. The van der Waals surface area contributed by atoms with Gasteiger partial charge in [0, 0.05) is 56.2 Å². The molecule has 0 aliphatic carbocycles. The highest BCUT2D eigenvalue weighted by Gasteiger charge is 2.17. The van der Waals surface area contributed by atoms with E-state index >= 15 is 0 Å². The van der Waals surface area contributed by atoms with E-state index < -0.39 is 0 Å². The van der Waals surface area contributed by atoms with Gasteiger partial charge in [0.25, 0.3) is 5.91 Å². The summed E-state index contributed by atoms with van der Waals surface area (Å²) < 4.78 is 10.7. The van der Waals surface area contributed by atoms with Crippen LogP contribution >= 0.6 is 11.3 Å². The van der Waals surface area contributed by atoms with E-state index in [0.29, 0.717) is 30.2 Å². The molecular weight excluding hydrogens is 440 g/mol. The summed E-state index contributed by atoms with van der Waals surface area (Å²) >= 11 is 1.56. The standard InChI is InChI=1S/C23H28N6O3S/c1-28-8-10-29(11-9-28)21-13-18(25-15-26-21)22(30)24-7-6-17-14-33-23(27-17)16-4-5-19(31-2)20(12-16)32-3/h4-5,12-15H,6-11H2,1-3H3,(H,24,30). The number of piperazine rings is 1. The lowest BCUT2D eigenvalue weighted by molar-refractivity contribution is 0.0949. The van der Waals surface area contributed by atoms with Gasteiger partial charge in [-0.2, -0.15) is 0 Å². The van der Waals surface area contributed by atoms with Crippen LogP contribution in [0.5, 0.6) is 11.5 Å². The zero-order valence-corrected chi connectivity index (χ0v) is 19.9. The molecule has 0 bridgehead atoms. The molecule has 1 saturated heterocycles. The van der Waals surface area contributed by atoms with Crippen LogP contribution in [0.15, 0.2) is 36.0 Å². The second-order valence-corrected chi connectivity index (χ2v) is 8.63. The predicted octanol–water partition coefficient (Wildman–Crippen LogP) is 2.34. The molecule has 0 saturated carbocycles. The molecule has 3 aromatic rings. The van der Waals surface area contributed by atoms with Crippen molar-refractivity contribution in [2.45, 2.75) is 6.42 Å². The Morgan fingerprint density at radius 2 is 1.88 bits per heavy atom. The Labute approximate surface area is 197 Å². The van der Waals surface area contributed by atoms with Crippen molar-refractivity contribution in [2.24, 2.45) is 0 Å². The van der Waals surface area contributed by atoms with Crippen LogP contribution in [0.1, 0.15) is 16.2 Å². The van der Waals surface area contributed by atoms with Gasteiger partial charge in [0.2, 0.25) is 0 Å². The van der Waals surface area contributed by atoms with Crippen LogP contribution in [0.2, 0.25) is 0 Å². The SMILES string of the molecule is COc1ccc(-c2nc(CCNC(=O)c3cc(N4CCN(C)CC4)ncn3)cs2)cc1OC. The van der Waals surface area contributed by atoms with Gasteiger partial charge in [-0.05, 0) is 25.2 Å². The zero-order valence-electron chi connectivity index (χ0n) is 19.1. The Kier molecular flexibility index (Phi) is 7.36. The number of rotatable bonds is 8. The molecule has 1 aliphatic heterocycles. The number of nitrogens with zero attached hydrogens (tertiary/aromatic N) is 5. The highest BCUT2D eigenvalue weighted by Crippen LogP contribution is 2.33. The number of aromatic nitrogens is 3. The molecule has 3 heterocycles. The lowest BCUT2D eigenvalue weighted by Crippen LogP contribution is -2.45. The average Bonchev–Trinajstić information content (AvgIpc) is 3.33. The molecule has 2 aromatic heterocycles. The molecular formula is C23H28N6O3S. The van der Waals surface area contributed by atoms with Crippen molar-refractivity contribution in [2.75, 3.05) is 58.9 Å². The summed E-state index contributed by atoms with van der Waals surface area (Å²) in [7, 11) is 5.33. The van der Waals surface area contributed by atoms with Gasteiger partial charge in [0.15, 0.2) is 11.5 Å². The number of thiazole rings is 1. The van der Waals surface area contributed by atoms with E-state index in [1.54, 1.807) is 31.6 Å². The van der Waals surface area contributed by atoms with Gasteiger partial charge in [0.05, 0.1) is 19.9 Å². The van der Waals surface area contributed by atoms with Crippen LogP contribution in [0.3, 0.4) is 0 Å². The van der Waals surface area contributed by atoms with Crippen LogP contribution < -0.4 is 19.7 Å². The van der Waals surface area contributed by atoms with E-state index in [4.69, 9.17) is 14.5 Å². The minimum absolute atomic E-state index is 0.205. The number of benzene rings is 1. The van der Waals surface area contributed by atoms with Crippen molar-refractivity contribution in [1.29, 1.82) is 0 Å². The van der Waals surface area contributed by atoms with E-state index in [1.165, 1.54) is 6.33 Å². The van der Waals surface area contributed by atoms with Crippen LogP contribution in [0.4, 0.5) is 5.82 Å². The quantitative estimate of drug-likeness (QED) is 0.539. The summed E-state index contributed by atoms with van der Waals surface area (Å²) in [6.07, 6.45) is 2.09. The Bertz CT molecular complexity index is 1100. The molecule has 1 N–H and O–H groups in total. The number of hydrogen-bond acceptors (Lipinski definition) is 9. The lowest BCUT2D eigenvalue weighted by Gasteiger charge is -2.33. The van der Waals surface area contributed by atoms with Crippen LogP contribution in [0.25, 0.3) is 10.6 Å². The molecule has 1 aliphatic rings. The van der Waals surface area contributed by atoms with E-state index in [1.807, 2.05) is 23.6 Å². The van der Waals surface area contributed by atoms with Crippen molar-refractivity contribution >= 4 is 23.1 Å². The Hall–Kier alpha value is -3.24. The molecule has 1 fully saturated rings. The summed E-state index contributed by atoms with van der Waals surface area (Å²) in [6.45, 7) is 4.21. The normalized spacial score (nSPS) is 14.2. The van der Waals surface area contributed by atoms with Gasteiger partial charge < -0.3 is 24.6 Å². The first-order chi connectivity index (χ1) is 16.1. The number of amides is 1. The summed E-state index contributed by atoms with van der Waals surface area (Å²) in [5, 5.41) is 5.84. The zero-order chi connectivity index (χ0) is 23.2. The van der Waals surface area contributed by atoms with E-state index in [0.717, 1.165) is 48.3 Å². The highest BCUT2D eigenvalue weighted by molar-refractivity contribution is 7.13. The van der Waals surface area contributed by atoms with Crippen molar-refractivity contribution < 1.29 is 14.3 Å². The first-order valence-electron chi connectivity index (χ1n) is 10.8. The Morgan fingerprint density at radius 1 is 1.09 bits per heavy atom. The molecule has 0 radical (unpaired) electrons. The number of anilines is 1. The summed E-state index contributed by atoms with van der Waals surface area (Å²) in [5.41, 5.74) is 2.26. The van der Waals surface area contributed by atoms with Crippen molar-refractivity contribution in [3.05, 3.63) is 47.4 Å². The third-order valence-corrected chi connectivity index (χ3v) is 6.50. The Balaban J connectivity index is 1.33. The highest BCUT2D eigenvalue weighted by atomic mass is 32.1. The molecule has 4 rings (SSSR count). The number of methoxy groups -OCH3 is 2. The largest absolute Gasteiger partial charge is 0.493 e. The number of nitrogens with one attached hydrogen (secondary N) is 1. The number of likely N-dealkylation sites (N-methyl/N-ethyl adjacent to an activating group) is 1. The molecule has 9 nitrogen and oxygen atoms in total. The molecule has 174 valence electrons. The fourth-order valence-electron chi connectivity index (χ4n) is 3.60. The van der Waals surface area contributed by atoms with Crippen molar-refractivity contribution in [3.8, 4) is 22.1 Å². The van der Waals surface area contributed by atoms with E-state index in [2.05, 4.69) is 32.1 Å². The fourth-order valence-corrected chi connectivity index (χ4v) is 4.45. The third kappa shape index (κ3) is 5.58. The first-order valence-corrected chi connectivity index (χ1v) is 11.7. The monoisotopic (exact) mass is 468 g/mol. The fraction of sp³-hybridized carbons (Fsp3) is 0.391. The van der Waals surface area contributed by atoms with Gasteiger partial charge in [-0.3, -0.25) is 4.79 Å². The molecule has 1 aromatic carbocycles. The maximum Gasteiger partial charge on any atom is 0.270 e. The first kappa shape index (κ1) is 22.9. The minimum atomic E-state index is -0.205. The topological polar surface area (TPSA) is 92.7 Å². The van der Waals surface area contributed by atoms with Gasteiger partial charge in [0.1, 0.15) is 22.8 Å².